The quantitative estimate of drug-likeness (QED) is 0.619. The number of amides is 1. The fourth-order valence-corrected chi connectivity index (χ4v) is 2.24. The molecular formula is C18H21ClN2O. The molecule has 116 valence electrons. The second-order valence-corrected chi connectivity index (χ2v) is 5.97. The molecule has 0 aliphatic carbocycles. The summed E-state index contributed by atoms with van der Waals surface area (Å²) in [5.41, 5.74) is 2.52. The molecule has 1 fully saturated rings. The maximum atomic E-state index is 12.1. The number of carbonyl (C=O) groups is 1. The fourth-order valence-electron chi connectivity index (χ4n) is 2.18. The molecule has 1 aliphatic rings. The van der Waals surface area contributed by atoms with Gasteiger partial charge in [-0.25, -0.2) is 0 Å². The van der Waals surface area contributed by atoms with E-state index in [1.807, 2.05) is 12.1 Å². The van der Waals surface area contributed by atoms with Crippen LogP contribution >= 0.6 is 11.6 Å². The van der Waals surface area contributed by atoms with Gasteiger partial charge in [-0.3, -0.25) is 4.79 Å². The maximum absolute atomic E-state index is 12.1. The van der Waals surface area contributed by atoms with Crippen molar-refractivity contribution in [2.75, 3.05) is 11.9 Å². The Balaban J connectivity index is 1.96. The molecule has 2 rings (SSSR count). The number of nitrogens with one attached hydrogen (secondary N) is 2. The van der Waals surface area contributed by atoms with E-state index < -0.39 is 0 Å². The highest BCUT2D eigenvalue weighted by molar-refractivity contribution is 6.29. The fraction of sp³-hybridized carbons (Fsp3) is 0.278. The standard InChI is InChI=1S/C18H21ClN2O/c1-3-15(7-4-13(2)19)18(22)21-16-8-5-14(6-9-16)12-17-10-11-20-17/h3-9,17,20H,1,10-12H2,2H3,(H,21,22)/b13-4+,15-7+/t17-/m0/s1. The van der Waals surface area contributed by atoms with Gasteiger partial charge in [-0.1, -0.05) is 36.4 Å². The van der Waals surface area contributed by atoms with Crippen molar-refractivity contribution >= 4 is 23.2 Å². The molecule has 0 aromatic heterocycles. The monoisotopic (exact) mass is 316 g/mol. The lowest BCUT2D eigenvalue weighted by molar-refractivity contribution is -0.112. The topological polar surface area (TPSA) is 41.1 Å². The zero-order chi connectivity index (χ0) is 15.9. The first-order valence-corrected chi connectivity index (χ1v) is 7.76. The third-order valence-electron chi connectivity index (χ3n) is 3.59. The Morgan fingerprint density at radius 1 is 1.41 bits per heavy atom. The highest BCUT2D eigenvalue weighted by Crippen LogP contribution is 2.15. The summed E-state index contributed by atoms with van der Waals surface area (Å²) in [6.45, 7) is 6.53. The highest BCUT2D eigenvalue weighted by atomic mass is 35.5. The number of allylic oxidation sites excluding steroid dienone is 3. The summed E-state index contributed by atoms with van der Waals surface area (Å²) in [5.74, 6) is -0.197. The Kier molecular flexibility index (Phi) is 5.99. The highest BCUT2D eigenvalue weighted by Gasteiger charge is 2.16. The van der Waals surface area contributed by atoms with Gasteiger partial charge < -0.3 is 10.6 Å². The average molecular weight is 317 g/mol. The van der Waals surface area contributed by atoms with Crippen molar-refractivity contribution in [3.8, 4) is 0 Å². The van der Waals surface area contributed by atoms with Crippen LogP contribution in [0.4, 0.5) is 5.69 Å². The second kappa shape index (κ2) is 7.97. The van der Waals surface area contributed by atoms with Crippen molar-refractivity contribution in [3.63, 3.8) is 0 Å². The molecule has 0 radical (unpaired) electrons. The third-order valence-corrected chi connectivity index (χ3v) is 3.72. The summed E-state index contributed by atoms with van der Waals surface area (Å²) in [6.07, 6.45) is 7.11. The van der Waals surface area contributed by atoms with E-state index >= 15 is 0 Å². The molecule has 2 N–H and O–H groups in total. The molecule has 1 aromatic carbocycles. The number of rotatable bonds is 6. The largest absolute Gasteiger partial charge is 0.322 e. The molecule has 0 saturated carbocycles. The normalized spacial score (nSPS) is 18.5. The number of carbonyl (C=O) groups excluding carboxylic acids is 1. The molecule has 0 unspecified atom stereocenters. The minimum atomic E-state index is -0.197. The second-order valence-electron chi connectivity index (χ2n) is 5.37. The predicted octanol–water partition coefficient (Wildman–Crippen LogP) is 3.78. The Morgan fingerprint density at radius 3 is 2.59 bits per heavy atom. The average Bonchev–Trinajstić information content (AvgIpc) is 2.45. The number of hydrogen-bond donors (Lipinski definition) is 2. The molecule has 1 aromatic rings. The van der Waals surface area contributed by atoms with Gasteiger partial charge >= 0.3 is 0 Å². The number of hydrogen-bond acceptors (Lipinski definition) is 2. The maximum Gasteiger partial charge on any atom is 0.255 e. The van der Waals surface area contributed by atoms with Crippen molar-refractivity contribution in [2.24, 2.45) is 0 Å². The minimum Gasteiger partial charge on any atom is -0.322 e. The molecule has 4 heteroatoms. The molecule has 0 spiro atoms. The lowest BCUT2D eigenvalue weighted by Gasteiger charge is -2.27. The summed E-state index contributed by atoms with van der Waals surface area (Å²) >= 11 is 5.76. The van der Waals surface area contributed by atoms with Crippen LogP contribution in [0.1, 0.15) is 18.9 Å². The lowest BCUT2D eigenvalue weighted by Crippen LogP contribution is -2.44. The van der Waals surface area contributed by atoms with Gasteiger partial charge in [0.1, 0.15) is 0 Å². The molecule has 0 bridgehead atoms. The summed E-state index contributed by atoms with van der Waals surface area (Å²) < 4.78 is 0. The van der Waals surface area contributed by atoms with Crippen molar-refractivity contribution in [1.29, 1.82) is 0 Å². The van der Waals surface area contributed by atoms with E-state index in [1.54, 1.807) is 19.1 Å². The third kappa shape index (κ3) is 4.86. The number of halogens is 1. The van der Waals surface area contributed by atoms with Gasteiger partial charge in [-0.2, -0.15) is 0 Å². The van der Waals surface area contributed by atoms with Crippen LogP contribution in [-0.2, 0) is 11.2 Å². The Hall–Kier alpha value is -1.84. The van der Waals surface area contributed by atoms with Gasteiger partial charge in [-0.15, -0.1) is 0 Å². The van der Waals surface area contributed by atoms with Gasteiger partial charge in [0.15, 0.2) is 0 Å². The van der Waals surface area contributed by atoms with E-state index in [2.05, 4.69) is 29.3 Å². The zero-order valence-electron chi connectivity index (χ0n) is 12.7. The van der Waals surface area contributed by atoms with E-state index in [4.69, 9.17) is 11.6 Å². The van der Waals surface area contributed by atoms with Gasteiger partial charge in [-0.05, 0) is 56.2 Å². The number of anilines is 1. The van der Waals surface area contributed by atoms with Crippen LogP contribution < -0.4 is 10.6 Å². The first kappa shape index (κ1) is 16.5. The van der Waals surface area contributed by atoms with Crippen molar-refractivity contribution in [1.82, 2.24) is 5.32 Å². The van der Waals surface area contributed by atoms with Crippen LogP contribution in [0.5, 0.6) is 0 Å². The molecule has 22 heavy (non-hydrogen) atoms. The van der Waals surface area contributed by atoms with Crippen LogP contribution in [0.2, 0.25) is 0 Å². The SMILES string of the molecule is C=C/C(=C\C=C(/C)Cl)C(=O)Nc1ccc(C[C@@H]2CCN2)cc1. The van der Waals surface area contributed by atoms with Gasteiger partial charge in [0.25, 0.3) is 5.91 Å². The summed E-state index contributed by atoms with van der Waals surface area (Å²) in [4.78, 5) is 12.1. The first-order chi connectivity index (χ1) is 10.6. The minimum absolute atomic E-state index is 0.197. The van der Waals surface area contributed by atoms with E-state index in [0.29, 0.717) is 16.6 Å². The van der Waals surface area contributed by atoms with Crippen molar-refractivity contribution < 1.29 is 4.79 Å². The van der Waals surface area contributed by atoms with Crippen LogP contribution in [0.3, 0.4) is 0 Å². The Morgan fingerprint density at radius 2 is 2.09 bits per heavy atom. The van der Waals surface area contributed by atoms with Crippen LogP contribution in [-0.4, -0.2) is 18.5 Å². The molecule has 1 aliphatic heterocycles. The van der Waals surface area contributed by atoms with Crippen molar-refractivity contribution in [3.05, 3.63) is 65.2 Å². The predicted molar refractivity (Wildman–Crippen MR) is 93.1 cm³/mol. The van der Waals surface area contributed by atoms with Gasteiger partial charge in [0.05, 0.1) is 0 Å². The number of benzene rings is 1. The molecule has 3 nitrogen and oxygen atoms in total. The van der Waals surface area contributed by atoms with E-state index in [1.165, 1.54) is 18.1 Å². The summed E-state index contributed by atoms with van der Waals surface area (Å²) in [5, 5.41) is 6.85. The lowest BCUT2D eigenvalue weighted by atomic mass is 9.98. The molecular weight excluding hydrogens is 296 g/mol. The van der Waals surface area contributed by atoms with Crippen molar-refractivity contribution in [2.45, 2.75) is 25.8 Å². The van der Waals surface area contributed by atoms with Crippen LogP contribution in [0.25, 0.3) is 0 Å². The molecule has 1 amide bonds. The van der Waals surface area contributed by atoms with E-state index in [9.17, 15) is 4.79 Å². The van der Waals surface area contributed by atoms with E-state index in [0.717, 1.165) is 18.7 Å². The van der Waals surface area contributed by atoms with Crippen LogP contribution in [0.15, 0.2) is 59.7 Å². The van der Waals surface area contributed by atoms with E-state index in [-0.39, 0.29) is 5.91 Å². The summed E-state index contributed by atoms with van der Waals surface area (Å²) in [6, 6.07) is 8.55. The molecule has 1 saturated heterocycles. The molecule has 1 heterocycles. The Bertz CT molecular complexity index is 594. The first-order valence-electron chi connectivity index (χ1n) is 7.38. The Labute approximate surface area is 136 Å². The zero-order valence-corrected chi connectivity index (χ0v) is 13.5. The smallest absolute Gasteiger partial charge is 0.255 e. The van der Waals surface area contributed by atoms with Gasteiger partial charge in [0.2, 0.25) is 0 Å². The summed E-state index contributed by atoms with van der Waals surface area (Å²) in [7, 11) is 0. The van der Waals surface area contributed by atoms with Gasteiger partial charge in [0, 0.05) is 22.3 Å². The van der Waals surface area contributed by atoms with Crippen LogP contribution in [0, 0.1) is 0 Å². The molecule has 1 atom stereocenters.